The Morgan fingerprint density at radius 2 is 1.89 bits per heavy atom. The van der Waals surface area contributed by atoms with Gasteiger partial charge in [0.1, 0.15) is 0 Å². The maximum Gasteiger partial charge on any atom is 0.227 e. The maximum absolute atomic E-state index is 12.3. The van der Waals surface area contributed by atoms with Gasteiger partial charge in [-0.1, -0.05) is 19.8 Å². The van der Waals surface area contributed by atoms with E-state index in [1.807, 2.05) is 0 Å². The zero-order chi connectivity index (χ0) is 13.7. The van der Waals surface area contributed by atoms with E-state index in [2.05, 4.69) is 17.1 Å². The highest BCUT2D eigenvalue weighted by molar-refractivity contribution is 5.83. The van der Waals surface area contributed by atoms with E-state index < -0.39 is 0 Å². The summed E-state index contributed by atoms with van der Waals surface area (Å²) in [4.78, 5) is 14.8. The molecule has 1 unspecified atom stereocenters. The van der Waals surface area contributed by atoms with Gasteiger partial charge in [0.25, 0.3) is 0 Å². The van der Waals surface area contributed by atoms with E-state index in [1.54, 1.807) is 0 Å². The van der Waals surface area contributed by atoms with E-state index in [0.29, 0.717) is 12.5 Å². The molecule has 2 aliphatic rings. The summed E-state index contributed by atoms with van der Waals surface area (Å²) in [6, 6.07) is 0. The molecule has 0 aromatic heterocycles. The average Bonchev–Trinajstić information content (AvgIpc) is 3.07. The Balaban J connectivity index is 1.72. The number of nitrogens with one attached hydrogen (secondary N) is 1. The summed E-state index contributed by atoms with van der Waals surface area (Å²) in [5.74, 6) is 0.721. The highest BCUT2D eigenvalue weighted by atomic mass is 16.2. The summed E-state index contributed by atoms with van der Waals surface area (Å²) < 4.78 is 0. The van der Waals surface area contributed by atoms with Gasteiger partial charge in [0.05, 0.1) is 5.41 Å². The third-order valence-electron chi connectivity index (χ3n) is 4.81. The molecule has 0 bridgehead atoms. The zero-order valence-electron chi connectivity index (χ0n) is 12.3. The molecule has 0 aromatic carbocycles. The molecule has 1 saturated carbocycles. The summed E-state index contributed by atoms with van der Waals surface area (Å²) in [6.07, 6.45) is 6.89. The van der Waals surface area contributed by atoms with Crippen molar-refractivity contribution in [1.82, 2.24) is 10.2 Å². The number of nitrogens with zero attached hydrogens (tertiary/aromatic N) is 1. The first-order valence-electron chi connectivity index (χ1n) is 7.87. The van der Waals surface area contributed by atoms with E-state index in [1.165, 1.54) is 25.9 Å². The first kappa shape index (κ1) is 14.8. The van der Waals surface area contributed by atoms with Crippen molar-refractivity contribution >= 4 is 5.91 Å². The van der Waals surface area contributed by atoms with E-state index in [9.17, 15) is 4.79 Å². The summed E-state index contributed by atoms with van der Waals surface area (Å²) in [7, 11) is 0. The molecule has 110 valence electrons. The minimum atomic E-state index is -0.257. The van der Waals surface area contributed by atoms with Crippen molar-refractivity contribution in [2.45, 2.75) is 45.4 Å². The molecule has 1 aliphatic carbocycles. The number of hydrogen-bond acceptors (Lipinski definition) is 3. The predicted molar refractivity (Wildman–Crippen MR) is 77.8 cm³/mol. The van der Waals surface area contributed by atoms with Crippen LogP contribution in [0.5, 0.6) is 0 Å². The Morgan fingerprint density at radius 1 is 1.26 bits per heavy atom. The Labute approximate surface area is 117 Å². The molecule has 1 atom stereocenters. The van der Waals surface area contributed by atoms with Gasteiger partial charge in [0.15, 0.2) is 0 Å². The van der Waals surface area contributed by atoms with E-state index in [-0.39, 0.29) is 11.3 Å². The van der Waals surface area contributed by atoms with Crippen molar-refractivity contribution in [3.05, 3.63) is 0 Å². The first-order chi connectivity index (χ1) is 9.16. The first-order valence-corrected chi connectivity index (χ1v) is 7.87. The third kappa shape index (κ3) is 3.69. The van der Waals surface area contributed by atoms with Gasteiger partial charge in [-0.05, 0) is 44.7 Å². The Morgan fingerprint density at radius 3 is 2.47 bits per heavy atom. The van der Waals surface area contributed by atoms with E-state index in [4.69, 9.17) is 5.73 Å². The van der Waals surface area contributed by atoms with Crippen LogP contribution in [0.25, 0.3) is 0 Å². The molecule has 1 amide bonds. The lowest BCUT2D eigenvalue weighted by Gasteiger charge is -2.27. The fraction of sp³-hybridized carbons (Fsp3) is 0.933. The van der Waals surface area contributed by atoms with Gasteiger partial charge < -0.3 is 16.0 Å². The van der Waals surface area contributed by atoms with Crippen LogP contribution in [-0.4, -0.2) is 43.5 Å². The Kier molecular flexibility index (Phi) is 5.22. The lowest BCUT2D eigenvalue weighted by molar-refractivity contribution is -0.130. The van der Waals surface area contributed by atoms with Crippen molar-refractivity contribution in [2.24, 2.45) is 17.1 Å². The van der Waals surface area contributed by atoms with Crippen LogP contribution in [-0.2, 0) is 4.79 Å². The largest absolute Gasteiger partial charge is 0.355 e. The standard InChI is InChI=1S/C15H29N3O/c1-13(11-18-8-4-5-9-18)10-17-14(19)15(12-16)6-2-3-7-15/h13H,2-12,16H2,1H3,(H,17,19). The minimum absolute atomic E-state index is 0.195. The van der Waals surface area contributed by atoms with Crippen LogP contribution in [0.4, 0.5) is 0 Å². The molecular weight excluding hydrogens is 238 g/mol. The number of hydrogen-bond donors (Lipinski definition) is 2. The third-order valence-corrected chi connectivity index (χ3v) is 4.81. The van der Waals surface area contributed by atoms with Gasteiger partial charge in [0, 0.05) is 19.6 Å². The number of nitrogens with two attached hydrogens (primary N) is 1. The molecule has 0 radical (unpaired) electrons. The number of likely N-dealkylation sites (tertiary alicyclic amines) is 1. The second-order valence-corrected chi connectivity index (χ2v) is 6.51. The summed E-state index contributed by atoms with van der Waals surface area (Å²) in [6.45, 7) is 7.07. The molecule has 1 aliphatic heterocycles. The van der Waals surface area contributed by atoms with Crippen LogP contribution in [0, 0.1) is 11.3 Å². The van der Waals surface area contributed by atoms with Crippen molar-refractivity contribution < 1.29 is 4.79 Å². The average molecular weight is 267 g/mol. The zero-order valence-corrected chi connectivity index (χ0v) is 12.3. The minimum Gasteiger partial charge on any atom is -0.355 e. The lowest BCUT2D eigenvalue weighted by atomic mass is 9.85. The van der Waals surface area contributed by atoms with Crippen molar-refractivity contribution in [3.63, 3.8) is 0 Å². The van der Waals surface area contributed by atoms with Crippen LogP contribution in [0.15, 0.2) is 0 Å². The Hall–Kier alpha value is -0.610. The van der Waals surface area contributed by atoms with E-state index >= 15 is 0 Å². The summed E-state index contributed by atoms with van der Waals surface area (Å²) in [5, 5.41) is 3.14. The van der Waals surface area contributed by atoms with Crippen LogP contribution in [0.2, 0.25) is 0 Å². The maximum atomic E-state index is 12.3. The Bertz CT molecular complexity index is 294. The predicted octanol–water partition coefficient (Wildman–Crippen LogP) is 1.35. The number of rotatable bonds is 6. The molecular formula is C15H29N3O. The van der Waals surface area contributed by atoms with Gasteiger partial charge in [-0.2, -0.15) is 0 Å². The second kappa shape index (κ2) is 6.71. The normalized spacial score (nSPS) is 24.5. The quantitative estimate of drug-likeness (QED) is 0.764. The smallest absolute Gasteiger partial charge is 0.227 e. The highest BCUT2D eigenvalue weighted by Gasteiger charge is 2.39. The van der Waals surface area contributed by atoms with Crippen LogP contribution in [0.3, 0.4) is 0 Å². The molecule has 2 rings (SSSR count). The summed E-state index contributed by atoms with van der Waals surface area (Å²) in [5.41, 5.74) is 5.58. The SMILES string of the molecule is CC(CNC(=O)C1(CN)CCCC1)CN1CCCC1. The number of amides is 1. The molecule has 3 N–H and O–H groups in total. The van der Waals surface area contributed by atoms with Gasteiger partial charge in [-0.15, -0.1) is 0 Å². The van der Waals surface area contributed by atoms with Crippen LogP contribution in [0.1, 0.15) is 45.4 Å². The van der Waals surface area contributed by atoms with Crippen molar-refractivity contribution in [2.75, 3.05) is 32.7 Å². The summed E-state index contributed by atoms with van der Waals surface area (Å²) >= 11 is 0. The molecule has 19 heavy (non-hydrogen) atoms. The number of carbonyl (C=O) groups excluding carboxylic acids is 1. The highest BCUT2D eigenvalue weighted by Crippen LogP contribution is 2.37. The monoisotopic (exact) mass is 267 g/mol. The molecule has 4 heteroatoms. The molecule has 2 fully saturated rings. The van der Waals surface area contributed by atoms with Gasteiger partial charge in [-0.3, -0.25) is 4.79 Å². The van der Waals surface area contributed by atoms with Gasteiger partial charge in [-0.25, -0.2) is 0 Å². The molecule has 1 heterocycles. The topological polar surface area (TPSA) is 58.4 Å². The molecule has 4 nitrogen and oxygen atoms in total. The molecule has 0 spiro atoms. The van der Waals surface area contributed by atoms with Crippen LogP contribution >= 0.6 is 0 Å². The van der Waals surface area contributed by atoms with Crippen LogP contribution < -0.4 is 11.1 Å². The lowest BCUT2D eigenvalue weighted by Crippen LogP contribution is -2.46. The van der Waals surface area contributed by atoms with Gasteiger partial charge in [0.2, 0.25) is 5.91 Å². The fourth-order valence-corrected chi connectivity index (χ4v) is 3.50. The van der Waals surface area contributed by atoms with Crippen molar-refractivity contribution in [3.8, 4) is 0 Å². The fourth-order valence-electron chi connectivity index (χ4n) is 3.50. The van der Waals surface area contributed by atoms with E-state index in [0.717, 1.165) is 38.8 Å². The molecule has 0 aromatic rings. The van der Waals surface area contributed by atoms with Gasteiger partial charge >= 0.3 is 0 Å². The second-order valence-electron chi connectivity index (χ2n) is 6.51. The number of carbonyl (C=O) groups is 1. The van der Waals surface area contributed by atoms with Crippen molar-refractivity contribution in [1.29, 1.82) is 0 Å². The molecule has 1 saturated heterocycles.